The van der Waals surface area contributed by atoms with Crippen LogP contribution in [-0.2, 0) is 4.79 Å². The lowest BCUT2D eigenvalue weighted by atomic mass is 9.95. The van der Waals surface area contributed by atoms with Crippen LogP contribution in [0.3, 0.4) is 0 Å². The first-order valence-corrected chi connectivity index (χ1v) is 13.8. The molecule has 10 nitrogen and oxygen atoms in total. The lowest BCUT2D eigenvalue weighted by molar-refractivity contribution is -0.126. The van der Waals surface area contributed by atoms with Crippen LogP contribution in [0.25, 0.3) is 5.70 Å². The van der Waals surface area contributed by atoms with Crippen LogP contribution in [0.15, 0.2) is 60.0 Å². The SMILES string of the molecule is CNCCNC(=O)C1CCN(C(=O)c2ccc(NC3=NC=CN(/C(=C\N)c4ccc(OC)c(F)c4)C3)cc2Cl)CC1. The number of nitrogens with one attached hydrogen (secondary N) is 3. The van der Waals surface area contributed by atoms with Gasteiger partial charge in [0.15, 0.2) is 11.6 Å². The molecule has 5 N–H and O–H groups in total. The molecule has 2 aliphatic heterocycles. The molecule has 0 saturated carbocycles. The van der Waals surface area contributed by atoms with E-state index in [-0.39, 0.29) is 23.5 Å². The molecule has 0 radical (unpaired) electrons. The first-order valence-electron chi connectivity index (χ1n) is 13.4. The van der Waals surface area contributed by atoms with E-state index in [1.807, 2.05) is 11.9 Å². The summed E-state index contributed by atoms with van der Waals surface area (Å²) in [6.07, 6.45) is 5.99. The van der Waals surface area contributed by atoms with Crippen molar-refractivity contribution in [3.05, 3.63) is 77.0 Å². The summed E-state index contributed by atoms with van der Waals surface area (Å²) in [5, 5.41) is 9.47. The Balaban J connectivity index is 1.35. The smallest absolute Gasteiger partial charge is 0.255 e. The van der Waals surface area contributed by atoms with Crippen LogP contribution in [0, 0.1) is 11.7 Å². The van der Waals surface area contributed by atoms with Gasteiger partial charge < -0.3 is 36.2 Å². The molecule has 12 heteroatoms. The lowest BCUT2D eigenvalue weighted by Gasteiger charge is -2.31. The monoisotopic (exact) mass is 583 g/mol. The Bertz CT molecular complexity index is 1360. The molecular formula is C29H35ClFN7O3. The van der Waals surface area contributed by atoms with Gasteiger partial charge in [-0.25, -0.2) is 9.38 Å². The molecule has 0 spiro atoms. The molecule has 0 atom stereocenters. The van der Waals surface area contributed by atoms with Crippen molar-refractivity contribution in [3.63, 3.8) is 0 Å². The Morgan fingerprint density at radius 3 is 2.63 bits per heavy atom. The average molecular weight is 584 g/mol. The number of amidine groups is 1. The van der Waals surface area contributed by atoms with Crippen molar-refractivity contribution in [1.82, 2.24) is 20.4 Å². The Kier molecular flexibility index (Phi) is 10.2. The predicted molar refractivity (Wildman–Crippen MR) is 159 cm³/mol. The topological polar surface area (TPSA) is 124 Å². The molecule has 0 unspecified atom stereocenters. The van der Waals surface area contributed by atoms with Crippen molar-refractivity contribution < 1.29 is 18.7 Å². The Hall–Kier alpha value is -4.09. The molecule has 0 aliphatic carbocycles. The highest BCUT2D eigenvalue weighted by Gasteiger charge is 2.28. The highest BCUT2D eigenvalue weighted by Crippen LogP contribution is 2.28. The van der Waals surface area contributed by atoms with E-state index < -0.39 is 5.82 Å². The summed E-state index contributed by atoms with van der Waals surface area (Å²) in [5.74, 6) is 0.0350. The molecular weight excluding hydrogens is 549 g/mol. The summed E-state index contributed by atoms with van der Waals surface area (Å²) in [6.45, 7) is 2.62. The molecule has 0 aromatic heterocycles. The van der Waals surface area contributed by atoms with Crippen LogP contribution in [-0.4, -0.2) is 74.3 Å². The maximum Gasteiger partial charge on any atom is 0.255 e. The fourth-order valence-corrected chi connectivity index (χ4v) is 5.04. The van der Waals surface area contributed by atoms with Gasteiger partial charge in [0.1, 0.15) is 5.84 Å². The van der Waals surface area contributed by atoms with Crippen LogP contribution >= 0.6 is 11.6 Å². The normalized spacial score (nSPS) is 15.9. The lowest BCUT2D eigenvalue weighted by Crippen LogP contribution is -2.44. The number of benzene rings is 2. The molecule has 0 bridgehead atoms. The molecule has 2 aromatic carbocycles. The first kappa shape index (κ1) is 29.9. The largest absolute Gasteiger partial charge is 0.494 e. The zero-order chi connectivity index (χ0) is 29.4. The second kappa shape index (κ2) is 14.0. The molecule has 1 saturated heterocycles. The van der Waals surface area contributed by atoms with E-state index in [9.17, 15) is 14.0 Å². The molecule has 2 aromatic rings. The van der Waals surface area contributed by atoms with Gasteiger partial charge in [0.25, 0.3) is 5.91 Å². The van der Waals surface area contributed by atoms with E-state index in [1.54, 1.807) is 47.6 Å². The van der Waals surface area contributed by atoms with Crippen LogP contribution in [0.2, 0.25) is 5.02 Å². The number of hydrogen-bond acceptors (Lipinski definition) is 8. The van der Waals surface area contributed by atoms with E-state index in [0.717, 1.165) is 0 Å². The second-order valence-corrected chi connectivity index (χ2v) is 10.1. The number of likely N-dealkylation sites (tertiary alicyclic amines) is 1. The molecule has 2 aliphatic rings. The quantitative estimate of drug-likeness (QED) is 0.334. The van der Waals surface area contributed by atoms with Gasteiger partial charge in [0.2, 0.25) is 5.91 Å². The van der Waals surface area contributed by atoms with Crippen LogP contribution < -0.4 is 26.4 Å². The highest BCUT2D eigenvalue weighted by atomic mass is 35.5. The number of piperidine rings is 1. The number of rotatable bonds is 9. The zero-order valence-electron chi connectivity index (χ0n) is 23.1. The Labute approximate surface area is 244 Å². The molecule has 2 amide bonds. The summed E-state index contributed by atoms with van der Waals surface area (Å²) in [6, 6.07) is 9.77. The number of nitrogens with two attached hydrogens (primary N) is 1. The number of likely N-dealkylation sites (N-methyl/N-ethyl adjacent to an activating group) is 1. The summed E-state index contributed by atoms with van der Waals surface area (Å²) in [4.78, 5) is 33.5. The molecule has 1 fully saturated rings. The van der Waals surface area contributed by atoms with Gasteiger partial charge in [0.05, 0.1) is 29.9 Å². The molecule has 2 heterocycles. The zero-order valence-corrected chi connectivity index (χ0v) is 23.9. The van der Waals surface area contributed by atoms with Crippen molar-refractivity contribution in [2.45, 2.75) is 12.8 Å². The molecule has 218 valence electrons. The van der Waals surface area contributed by atoms with Gasteiger partial charge in [-0.3, -0.25) is 9.59 Å². The van der Waals surface area contributed by atoms with Gasteiger partial charge >= 0.3 is 0 Å². The van der Waals surface area contributed by atoms with E-state index in [1.165, 1.54) is 19.4 Å². The maximum absolute atomic E-state index is 14.3. The van der Waals surface area contributed by atoms with E-state index >= 15 is 0 Å². The summed E-state index contributed by atoms with van der Waals surface area (Å²) < 4.78 is 19.3. The van der Waals surface area contributed by atoms with E-state index in [4.69, 9.17) is 22.1 Å². The third-order valence-corrected chi connectivity index (χ3v) is 7.34. The Morgan fingerprint density at radius 2 is 1.98 bits per heavy atom. The number of nitrogens with zero attached hydrogens (tertiary/aromatic N) is 3. The molecule has 41 heavy (non-hydrogen) atoms. The summed E-state index contributed by atoms with van der Waals surface area (Å²) >= 11 is 6.54. The van der Waals surface area contributed by atoms with E-state index in [0.29, 0.717) is 78.9 Å². The third-order valence-electron chi connectivity index (χ3n) is 7.03. The van der Waals surface area contributed by atoms with Crippen LogP contribution in [0.4, 0.5) is 10.1 Å². The third kappa shape index (κ3) is 7.36. The van der Waals surface area contributed by atoms with Crippen LogP contribution in [0.1, 0.15) is 28.8 Å². The number of methoxy groups -OCH3 is 1. The number of ether oxygens (including phenoxy) is 1. The number of halogens is 2. The van der Waals surface area contributed by atoms with Crippen LogP contribution in [0.5, 0.6) is 5.75 Å². The number of anilines is 1. The van der Waals surface area contributed by atoms with Gasteiger partial charge in [-0.1, -0.05) is 11.6 Å². The minimum Gasteiger partial charge on any atom is -0.494 e. The number of hydrogen-bond donors (Lipinski definition) is 4. The molecule has 4 rings (SSSR count). The maximum atomic E-state index is 14.3. The number of carbonyl (C=O) groups excluding carboxylic acids is 2. The highest BCUT2D eigenvalue weighted by molar-refractivity contribution is 6.34. The van der Waals surface area contributed by atoms with Crippen molar-refractivity contribution in [2.75, 3.05) is 52.2 Å². The fourth-order valence-electron chi connectivity index (χ4n) is 4.78. The van der Waals surface area contributed by atoms with Gasteiger partial charge in [-0.15, -0.1) is 0 Å². The van der Waals surface area contributed by atoms with Crippen molar-refractivity contribution in [1.29, 1.82) is 0 Å². The Morgan fingerprint density at radius 1 is 1.20 bits per heavy atom. The van der Waals surface area contributed by atoms with Gasteiger partial charge in [0, 0.05) is 61.9 Å². The van der Waals surface area contributed by atoms with Crippen molar-refractivity contribution >= 4 is 40.6 Å². The number of amides is 2. The average Bonchev–Trinajstić information content (AvgIpc) is 2.98. The van der Waals surface area contributed by atoms with Gasteiger partial charge in [-0.05, 0) is 56.3 Å². The van der Waals surface area contributed by atoms with E-state index in [2.05, 4.69) is 20.9 Å². The van der Waals surface area contributed by atoms with Gasteiger partial charge in [-0.2, -0.15) is 0 Å². The standard InChI is InChI=1S/C29H35ClFN7O3/c1-33-9-10-35-28(39)19-7-12-37(13-8-19)29(40)22-5-4-21(16-23(22)30)36-27-18-38(14-11-34-27)25(17-32)20-3-6-26(41-2)24(31)15-20/h3-6,11,14-17,19,33H,7-10,12-13,18,32H2,1-2H3,(H,34,36)(H,35,39)/b25-17-. The summed E-state index contributed by atoms with van der Waals surface area (Å²) in [5.41, 5.74) is 8.14. The first-order chi connectivity index (χ1) is 19.8. The predicted octanol–water partition coefficient (Wildman–Crippen LogP) is 3.23. The minimum atomic E-state index is -0.489. The van der Waals surface area contributed by atoms with Crippen molar-refractivity contribution in [3.8, 4) is 5.75 Å². The second-order valence-electron chi connectivity index (χ2n) is 9.68. The van der Waals surface area contributed by atoms with Crippen molar-refractivity contribution in [2.24, 2.45) is 16.6 Å². The number of carbonyl (C=O) groups is 2. The summed E-state index contributed by atoms with van der Waals surface area (Å²) in [7, 11) is 3.25. The fraction of sp³-hybridized carbons (Fsp3) is 0.345. The number of aliphatic imine (C=N–C) groups is 1. The minimum absolute atomic E-state index is 0.0325.